The molecule has 4 nitrogen and oxygen atoms in total. The van der Waals surface area contributed by atoms with Gasteiger partial charge in [-0.2, -0.15) is 0 Å². The van der Waals surface area contributed by atoms with E-state index >= 15 is 0 Å². The molecule has 1 unspecified atom stereocenters. The molecule has 0 saturated heterocycles. The van der Waals surface area contributed by atoms with Crippen molar-refractivity contribution in [3.63, 3.8) is 0 Å². The Bertz CT molecular complexity index is 266. The monoisotopic (exact) mass is 206 g/mol. The number of sulfonamides is 1. The van der Waals surface area contributed by atoms with Gasteiger partial charge in [0.1, 0.15) is 0 Å². The molecule has 1 atom stereocenters. The summed E-state index contributed by atoms with van der Waals surface area (Å²) < 4.78 is 26.0. The highest BCUT2D eigenvalue weighted by Crippen LogP contribution is 2.35. The van der Waals surface area contributed by atoms with Crippen LogP contribution in [0.25, 0.3) is 0 Å². The first kappa shape index (κ1) is 10.9. The van der Waals surface area contributed by atoms with E-state index < -0.39 is 15.3 Å². The molecular formula is C8H18N2O2S. The minimum atomic E-state index is -3.19. The zero-order chi connectivity index (χ0) is 10.1. The summed E-state index contributed by atoms with van der Waals surface area (Å²) in [4.78, 5) is 0. The third-order valence-electron chi connectivity index (χ3n) is 2.55. The van der Waals surface area contributed by atoms with Gasteiger partial charge in [0.2, 0.25) is 10.0 Å². The standard InChI is InChI=1S/C8H18N2O2S/c1-3-7(6-9)13(11,12)10-8(2)4-5-8/h7,10H,3-6,9H2,1-2H3. The Labute approximate surface area is 79.9 Å². The lowest BCUT2D eigenvalue weighted by Gasteiger charge is -2.18. The van der Waals surface area contributed by atoms with Crippen LogP contribution in [0.3, 0.4) is 0 Å². The van der Waals surface area contributed by atoms with Crippen molar-refractivity contribution in [3.05, 3.63) is 0 Å². The highest BCUT2D eigenvalue weighted by Gasteiger charge is 2.42. The molecule has 1 fully saturated rings. The van der Waals surface area contributed by atoms with Crippen molar-refractivity contribution < 1.29 is 8.42 Å². The molecule has 1 rings (SSSR count). The summed E-state index contributed by atoms with van der Waals surface area (Å²) in [5, 5.41) is -0.440. The predicted octanol–water partition coefficient (Wildman–Crippen LogP) is 0.196. The first-order valence-corrected chi connectivity index (χ1v) is 6.21. The van der Waals surface area contributed by atoms with Crippen LogP contribution in [0.1, 0.15) is 33.1 Å². The van der Waals surface area contributed by atoms with E-state index in [4.69, 9.17) is 5.73 Å². The molecule has 0 spiro atoms. The van der Waals surface area contributed by atoms with Gasteiger partial charge in [-0.05, 0) is 26.2 Å². The molecule has 5 heteroatoms. The van der Waals surface area contributed by atoms with Crippen LogP contribution >= 0.6 is 0 Å². The molecule has 0 aromatic carbocycles. The molecule has 0 aromatic rings. The fourth-order valence-corrected chi connectivity index (χ4v) is 2.98. The topological polar surface area (TPSA) is 72.2 Å². The van der Waals surface area contributed by atoms with E-state index in [1.165, 1.54) is 0 Å². The lowest BCUT2D eigenvalue weighted by Crippen LogP contribution is -2.43. The minimum Gasteiger partial charge on any atom is -0.329 e. The SMILES string of the molecule is CCC(CN)S(=O)(=O)NC1(C)CC1. The van der Waals surface area contributed by atoms with Gasteiger partial charge < -0.3 is 5.73 Å². The van der Waals surface area contributed by atoms with E-state index in [0.717, 1.165) is 12.8 Å². The molecule has 1 saturated carbocycles. The van der Waals surface area contributed by atoms with Gasteiger partial charge in [-0.25, -0.2) is 13.1 Å². The maximum Gasteiger partial charge on any atom is 0.216 e. The van der Waals surface area contributed by atoms with E-state index in [0.29, 0.717) is 6.42 Å². The summed E-state index contributed by atoms with van der Waals surface area (Å²) in [6.45, 7) is 3.96. The van der Waals surface area contributed by atoms with E-state index in [1.54, 1.807) is 0 Å². The molecule has 0 aliphatic heterocycles. The third kappa shape index (κ3) is 2.65. The molecule has 0 radical (unpaired) electrons. The molecule has 0 heterocycles. The van der Waals surface area contributed by atoms with Gasteiger partial charge in [-0.15, -0.1) is 0 Å². The van der Waals surface area contributed by atoms with Gasteiger partial charge in [0, 0.05) is 12.1 Å². The van der Waals surface area contributed by atoms with Crippen LogP contribution in [0, 0.1) is 0 Å². The Morgan fingerprint density at radius 1 is 1.54 bits per heavy atom. The first-order valence-electron chi connectivity index (χ1n) is 4.66. The molecule has 3 N–H and O–H groups in total. The van der Waals surface area contributed by atoms with Crippen LogP contribution in [-0.2, 0) is 10.0 Å². The Morgan fingerprint density at radius 2 is 2.08 bits per heavy atom. The van der Waals surface area contributed by atoms with Crippen LogP contribution in [0.4, 0.5) is 0 Å². The van der Waals surface area contributed by atoms with Gasteiger partial charge in [0.15, 0.2) is 0 Å². The first-order chi connectivity index (χ1) is 5.93. The van der Waals surface area contributed by atoms with Crippen molar-refractivity contribution in [2.24, 2.45) is 5.73 Å². The number of nitrogens with two attached hydrogens (primary N) is 1. The maximum absolute atomic E-state index is 11.7. The van der Waals surface area contributed by atoms with Gasteiger partial charge in [0.25, 0.3) is 0 Å². The largest absolute Gasteiger partial charge is 0.329 e. The van der Waals surface area contributed by atoms with Gasteiger partial charge in [0.05, 0.1) is 5.25 Å². The van der Waals surface area contributed by atoms with Gasteiger partial charge in [-0.1, -0.05) is 6.92 Å². The second kappa shape index (κ2) is 3.55. The van der Waals surface area contributed by atoms with Crippen LogP contribution < -0.4 is 10.5 Å². The Morgan fingerprint density at radius 3 is 2.38 bits per heavy atom. The lowest BCUT2D eigenvalue weighted by molar-refractivity contribution is 0.539. The summed E-state index contributed by atoms with van der Waals surface area (Å²) >= 11 is 0. The second-order valence-electron chi connectivity index (χ2n) is 3.97. The van der Waals surface area contributed by atoms with Gasteiger partial charge in [-0.3, -0.25) is 0 Å². The zero-order valence-electron chi connectivity index (χ0n) is 8.21. The molecular weight excluding hydrogens is 188 g/mol. The quantitative estimate of drug-likeness (QED) is 0.674. The average molecular weight is 206 g/mol. The Hall–Kier alpha value is -0.130. The fourth-order valence-electron chi connectivity index (χ4n) is 1.23. The molecule has 1 aliphatic carbocycles. The molecule has 0 aromatic heterocycles. The van der Waals surface area contributed by atoms with Crippen molar-refractivity contribution in [2.75, 3.05) is 6.54 Å². The lowest BCUT2D eigenvalue weighted by atomic mass is 10.3. The van der Waals surface area contributed by atoms with Crippen LogP contribution in [0.5, 0.6) is 0 Å². The highest BCUT2D eigenvalue weighted by molar-refractivity contribution is 7.90. The van der Waals surface area contributed by atoms with E-state index in [1.807, 2.05) is 13.8 Å². The van der Waals surface area contributed by atoms with Gasteiger partial charge >= 0.3 is 0 Å². The smallest absolute Gasteiger partial charge is 0.216 e. The zero-order valence-corrected chi connectivity index (χ0v) is 9.02. The maximum atomic E-state index is 11.7. The molecule has 78 valence electrons. The highest BCUT2D eigenvalue weighted by atomic mass is 32.2. The second-order valence-corrected chi connectivity index (χ2v) is 5.93. The normalized spacial score (nSPS) is 22.7. The van der Waals surface area contributed by atoms with Crippen molar-refractivity contribution in [1.29, 1.82) is 0 Å². The van der Waals surface area contributed by atoms with Crippen LogP contribution in [0.15, 0.2) is 0 Å². The summed E-state index contributed by atoms with van der Waals surface area (Å²) in [5.41, 5.74) is 5.21. The summed E-state index contributed by atoms with van der Waals surface area (Å²) in [6.07, 6.45) is 2.45. The molecule has 0 bridgehead atoms. The fraction of sp³-hybridized carbons (Fsp3) is 1.00. The minimum absolute atomic E-state index is 0.179. The molecule has 13 heavy (non-hydrogen) atoms. The predicted molar refractivity (Wildman–Crippen MR) is 52.8 cm³/mol. The number of hydrogen-bond acceptors (Lipinski definition) is 3. The van der Waals surface area contributed by atoms with Crippen LogP contribution in [-0.4, -0.2) is 25.8 Å². The number of rotatable bonds is 5. The molecule has 1 aliphatic rings. The molecule has 0 amide bonds. The van der Waals surface area contributed by atoms with E-state index in [9.17, 15) is 8.42 Å². The van der Waals surface area contributed by atoms with Crippen molar-refractivity contribution in [3.8, 4) is 0 Å². The third-order valence-corrected chi connectivity index (χ3v) is 4.73. The summed E-state index contributed by atoms with van der Waals surface area (Å²) in [6, 6.07) is 0. The summed E-state index contributed by atoms with van der Waals surface area (Å²) in [5.74, 6) is 0. The average Bonchev–Trinajstić information content (AvgIpc) is 2.67. The number of hydrogen-bond donors (Lipinski definition) is 2. The van der Waals surface area contributed by atoms with Crippen molar-refractivity contribution in [1.82, 2.24) is 4.72 Å². The Kier molecular flexibility index (Phi) is 2.99. The Balaban J connectivity index is 2.64. The summed E-state index contributed by atoms with van der Waals surface area (Å²) in [7, 11) is -3.19. The van der Waals surface area contributed by atoms with Crippen molar-refractivity contribution >= 4 is 10.0 Å². The number of nitrogens with one attached hydrogen (secondary N) is 1. The van der Waals surface area contributed by atoms with Crippen molar-refractivity contribution in [2.45, 2.75) is 43.9 Å². The van der Waals surface area contributed by atoms with E-state index in [2.05, 4.69) is 4.72 Å². The van der Waals surface area contributed by atoms with Crippen LogP contribution in [0.2, 0.25) is 0 Å². The van der Waals surface area contributed by atoms with E-state index in [-0.39, 0.29) is 12.1 Å².